The molecule has 0 heterocycles. The van der Waals surface area contributed by atoms with E-state index in [1.807, 2.05) is 6.07 Å². The van der Waals surface area contributed by atoms with Gasteiger partial charge in [0.25, 0.3) is 10.0 Å². The lowest BCUT2D eigenvalue weighted by molar-refractivity contribution is 0.601. The summed E-state index contributed by atoms with van der Waals surface area (Å²) in [5.41, 5.74) is 1.23. The van der Waals surface area contributed by atoms with Gasteiger partial charge in [-0.25, -0.2) is 8.42 Å². The number of hydrogen-bond donors (Lipinski definition) is 1. The fourth-order valence-electron chi connectivity index (χ4n) is 1.70. The number of sulfonamides is 1. The normalized spacial score (nSPS) is 10.8. The Morgan fingerprint density at radius 1 is 1.20 bits per heavy atom. The zero-order valence-electron chi connectivity index (χ0n) is 10.6. The van der Waals surface area contributed by atoms with Gasteiger partial charge in [0.2, 0.25) is 0 Å². The summed E-state index contributed by atoms with van der Waals surface area (Å²) in [5.74, 6) is 0. The largest absolute Gasteiger partial charge is 0.279 e. The van der Waals surface area contributed by atoms with E-state index in [1.54, 1.807) is 31.2 Å². The maximum absolute atomic E-state index is 12.3. The van der Waals surface area contributed by atoms with Gasteiger partial charge in [-0.2, -0.15) is 5.26 Å². The predicted octanol–water partition coefficient (Wildman–Crippen LogP) is 3.32. The zero-order chi connectivity index (χ0) is 14.8. The minimum atomic E-state index is -3.83. The lowest BCUT2D eigenvalue weighted by Gasteiger charge is -2.11. The highest BCUT2D eigenvalue weighted by molar-refractivity contribution is 7.92. The molecule has 0 aliphatic rings. The van der Waals surface area contributed by atoms with Crippen molar-refractivity contribution >= 4 is 27.3 Å². The standard InChI is InChI=1S/C14H11ClN2O2S/c1-10-6-7-12(15)8-13(10)17-20(18,19)14-5-3-2-4-11(14)9-16/h2-8,17H,1H3. The van der Waals surface area contributed by atoms with Crippen LogP contribution in [0.25, 0.3) is 0 Å². The van der Waals surface area contributed by atoms with E-state index in [-0.39, 0.29) is 10.5 Å². The van der Waals surface area contributed by atoms with Gasteiger partial charge in [-0.3, -0.25) is 4.72 Å². The van der Waals surface area contributed by atoms with Crippen LogP contribution in [0.5, 0.6) is 0 Å². The summed E-state index contributed by atoms with van der Waals surface area (Å²) in [7, 11) is -3.83. The molecule has 4 nitrogen and oxygen atoms in total. The van der Waals surface area contributed by atoms with Crippen LogP contribution >= 0.6 is 11.6 Å². The molecule has 0 unspecified atom stereocenters. The number of hydrogen-bond acceptors (Lipinski definition) is 3. The third-order valence-corrected chi connectivity index (χ3v) is 4.40. The molecule has 0 radical (unpaired) electrons. The number of anilines is 1. The molecule has 102 valence electrons. The van der Waals surface area contributed by atoms with E-state index in [0.29, 0.717) is 10.7 Å². The van der Waals surface area contributed by atoms with E-state index in [2.05, 4.69) is 4.72 Å². The average Bonchev–Trinajstić information content (AvgIpc) is 2.42. The minimum Gasteiger partial charge on any atom is -0.279 e. The van der Waals surface area contributed by atoms with Gasteiger partial charge in [-0.15, -0.1) is 0 Å². The van der Waals surface area contributed by atoms with Crippen LogP contribution in [0.2, 0.25) is 5.02 Å². The molecule has 1 N–H and O–H groups in total. The molecule has 2 rings (SSSR count). The fourth-order valence-corrected chi connectivity index (χ4v) is 3.15. The van der Waals surface area contributed by atoms with E-state index in [0.717, 1.165) is 5.56 Å². The number of aryl methyl sites for hydroxylation is 1. The van der Waals surface area contributed by atoms with Gasteiger partial charge in [-0.1, -0.05) is 29.8 Å². The second-order valence-corrected chi connectivity index (χ2v) is 6.26. The van der Waals surface area contributed by atoms with Crippen LogP contribution in [-0.4, -0.2) is 8.42 Å². The van der Waals surface area contributed by atoms with Crippen molar-refractivity contribution in [1.82, 2.24) is 0 Å². The first-order chi connectivity index (χ1) is 9.44. The van der Waals surface area contributed by atoms with Crippen molar-refractivity contribution in [2.24, 2.45) is 0 Å². The van der Waals surface area contributed by atoms with Gasteiger partial charge in [-0.05, 0) is 36.8 Å². The predicted molar refractivity (Wildman–Crippen MR) is 78.2 cm³/mol. The van der Waals surface area contributed by atoms with E-state index in [9.17, 15) is 8.42 Å². The first kappa shape index (κ1) is 14.4. The van der Waals surface area contributed by atoms with Gasteiger partial charge in [0.1, 0.15) is 11.0 Å². The maximum Gasteiger partial charge on any atom is 0.263 e. The van der Waals surface area contributed by atoms with Gasteiger partial charge in [0, 0.05) is 5.02 Å². The van der Waals surface area contributed by atoms with Crippen LogP contribution in [0.4, 0.5) is 5.69 Å². The van der Waals surface area contributed by atoms with Crippen molar-refractivity contribution in [3.63, 3.8) is 0 Å². The van der Waals surface area contributed by atoms with Crippen LogP contribution in [0.15, 0.2) is 47.4 Å². The molecule has 0 saturated carbocycles. The quantitative estimate of drug-likeness (QED) is 0.945. The molecule has 0 fully saturated rings. The Kier molecular flexibility index (Phi) is 3.98. The molecule has 0 atom stereocenters. The Morgan fingerprint density at radius 2 is 1.90 bits per heavy atom. The number of nitrogens with zero attached hydrogens (tertiary/aromatic N) is 1. The van der Waals surface area contributed by atoms with Crippen molar-refractivity contribution in [2.45, 2.75) is 11.8 Å². The smallest absolute Gasteiger partial charge is 0.263 e. The molecule has 0 bridgehead atoms. The summed E-state index contributed by atoms with van der Waals surface area (Å²) in [6.45, 7) is 1.77. The minimum absolute atomic E-state index is 0.0538. The molecular weight excluding hydrogens is 296 g/mol. The number of benzene rings is 2. The van der Waals surface area contributed by atoms with E-state index < -0.39 is 10.0 Å². The zero-order valence-corrected chi connectivity index (χ0v) is 12.2. The topological polar surface area (TPSA) is 70.0 Å². The van der Waals surface area contributed by atoms with Crippen LogP contribution < -0.4 is 4.72 Å². The summed E-state index contributed by atoms with van der Waals surface area (Å²) in [6, 6.07) is 12.8. The van der Waals surface area contributed by atoms with E-state index >= 15 is 0 Å². The van der Waals surface area contributed by atoms with Gasteiger partial charge < -0.3 is 0 Å². The van der Waals surface area contributed by atoms with Gasteiger partial charge in [0.05, 0.1) is 11.3 Å². The molecular formula is C14H11ClN2O2S. The molecule has 0 aliphatic heterocycles. The van der Waals surface area contributed by atoms with Crippen molar-refractivity contribution in [3.8, 4) is 6.07 Å². The van der Waals surface area contributed by atoms with E-state index in [1.165, 1.54) is 18.2 Å². The monoisotopic (exact) mass is 306 g/mol. The Hall–Kier alpha value is -2.03. The second kappa shape index (κ2) is 5.53. The molecule has 2 aromatic rings. The SMILES string of the molecule is Cc1ccc(Cl)cc1NS(=O)(=O)c1ccccc1C#N. The summed E-state index contributed by atoms with van der Waals surface area (Å²) >= 11 is 5.86. The lowest BCUT2D eigenvalue weighted by Crippen LogP contribution is -2.15. The highest BCUT2D eigenvalue weighted by atomic mass is 35.5. The molecule has 20 heavy (non-hydrogen) atoms. The second-order valence-electron chi connectivity index (χ2n) is 4.17. The summed E-state index contributed by atoms with van der Waals surface area (Å²) < 4.78 is 27.1. The number of rotatable bonds is 3. The molecule has 0 aliphatic carbocycles. The fraction of sp³-hybridized carbons (Fsp3) is 0.0714. The Morgan fingerprint density at radius 3 is 2.60 bits per heavy atom. The molecule has 0 amide bonds. The first-order valence-corrected chi connectivity index (χ1v) is 7.58. The maximum atomic E-state index is 12.3. The Labute approximate surface area is 122 Å². The molecule has 0 aromatic heterocycles. The highest BCUT2D eigenvalue weighted by Crippen LogP contribution is 2.24. The Balaban J connectivity index is 2.47. The van der Waals surface area contributed by atoms with Crippen molar-refractivity contribution < 1.29 is 8.42 Å². The summed E-state index contributed by atoms with van der Waals surface area (Å²) in [5, 5.41) is 9.42. The summed E-state index contributed by atoms with van der Waals surface area (Å²) in [4.78, 5) is -0.0538. The highest BCUT2D eigenvalue weighted by Gasteiger charge is 2.19. The van der Waals surface area contributed by atoms with Gasteiger partial charge >= 0.3 is 0 Å². The third kappa shape index (κ3) is 2.93. The Bertz CT molecular complexity index is 795. The van der Waals surface area contributed by atoms with Crippen molar-refractivity contribution in [3.05, 3.63) is 58.6 Å². The molecule has 0 saturated heterocycles. The van der Waals surface area contributed by atoms with Crippen LogP contribution in [0, 0.1) is 18.3 Å². The first-order valence-electron chi connectivity index (χ1n) is 5.72. The van der Waals surface area contributed by atoms with Crippen LogP contribution in [-0.2, 0) is 10.0 Å². The summed E-state index contributed by atoms with van der Waals surface area (Å²) in [6.07, 6.45) is 0. The molecule has 2 aromatic carbocycles. The number of halogens is 1. The van der Waals surface area contributed by atoms with Crippen LogP contribution in [0.3, 0.4) is 0 Å². The number of nitriles is 1. The van der Waals surface area contributed by atoms with Gasteiger partial charge in [0.15, 0.2) is 0 Å². The number of nitrogens with one attached hydrogen (secondary N) is 1. The van der Waals surface area contributed by atoms with E-state index in [4.69, 9.17) is 16.9 Å². The lowest BCUT2D eigenvalue weighted by atomic mass is 10.2. The van der Waals surface area contributed by atoms with Crippen molar-refractivity contribution in [1.29, 1.82) is 5.26 Å². The molecule has 6 heteroatoms. The molecule has 0 spiro atoms. The average molecular weight is 307 g/mol. The van der Waals surface area contributed by atoms with Crippen molar-refractivity contribution in [2.75, 3.05) is 4.72 Å². The third-order valence-electron chi connectivity index (χ3n) is 2.74. The van der Waals surface area contributed by atoms with Crippen LogP contribution in [0.1, 0.15) is 11.1 Å².